The zero-order chi connectivity index (χ0) is 25.5. The third-order valence-electron chi connectivity index (χ3n) is 5.79. The third-order valence-corrected chi connectivity index (χ3v) is 6.32. The van der Waals surface area contributed by atoms with Crippen LogP contribution in [0.3, 0.4) is 0 Å². The average molecular weight is 552 g/mol. The Balaban J connectivity index is 1.27. The third kappa shape index (κ3) is 6.42. The molecule has 0 aliphatic carbocycles. The second-order valence-electron chi connectivity index (χ2n) is 8.27. The maximum absolute atomic E-state index is 12.7. The maximum atomic E-state index is 12.7. The van der Waals surface area contributed by atoms with Gasteiger partial charge >= 0.3 is 0 Å². The monoisotopic (exact) mass is 551 g/mol. The first kappa shape index (κ1) is 25.2. The molecule has 1 atom stereocenters. The Morgan fingerprint density at radius 3 is 2.47 bits per heavy atom. The summed E-state index contributed by atoms with van der Waals surface area (Å²) in [6.07, 6.45) is 0.145. The fraction of sp³-hybridized carbons (Fsp3) is 0.222. The van der Waals surface area contributed by atoms with Crippen LogP contribution in [0.1, 0.15) is 12.0 Å². The largest absolute Gasteiger partial charge is 0.496 e. The van der Waals surface area contributed by atoms with Gasteiger partial charge in [0.05, 0.1) is 13.0 Å². The Kier molecular flexibility index (Phi) is 8.22. The van der Waals surface area contributed by atoms with Crippen molar-refractivity contribution in [3.63, 3.8) is 0 Å². The maximum Gasteiger partial charge on any atom is 0.262 e. The van der Waals surface area contributed by atoms with Crippen LogP contribution in [0.15, 0.2) is 77.3 Å². The Bertz CT molecular complexity index is 1230. The normalized spacial score (nSPS) is 14.9. The van der Waals surface area contributed by atoms with E-state index < -0.39 is 5.92 Å². The van der Waals surface area contributed by atoms with Gasteiger partial charge in [-0.2, -0.15) is 0 Å². The van der Waals surface area contributed by atoms with E-state index in [1.54, 1.807) is 48.4 Å². The molecule has 186 valence electrons. The van der Waals surface area contributed by atoms with Crippen molar-refractivity contribution in [2.45, 2.75) is 13.0 Å². The van der Waals surface area contributed by atoms with E-state index in [1.807, 2.05) is 36.4 Å². The number of rotatable bonds is 9. The molecular weight excluding hydrogens is 526 g/mol. The van der Waals surface area contributed by atoms with Gasteiger partial charge in [0.2, 0.25) is 11.8 Å². The number of ether oxygens (including phenoxy) is 2. The van der Waals surface area contributed by atoms with Crippen LogP contribution in [0.2, 0.25) is 0 Å². The predicted molar refractivity (Wildman–Crippen MR) is 140 cm³/mol. The van der Waals surface area contributed by atoms with Gasteiger partial charge in [0.25, 0.3) is 5.91 Å². The van der Waals surface area contributed by atoms with Gasteiger partial charge in [-0.15, -0.1) is 0 Å². The van der Waals surface area contributed by atoms with Crippen LogP contribution in [0.25, 0.3) is 0 Å². The van der Waals surface area contributed by atoms with Crippen LogP contribution in [-0.2, 0) is 20.9 Å². The number of hydrogen-bond donors (Lipinski definition) is 2. The van der Waals surface area contributed by atoms with Crippen molar-refractivity contribution < 1.29 is 23.9 Å². The van der Waals surface area contributed by atoms with Crippen LogP contribution in [0.5, 0.6) is 11.5 Å². The molecule has 0 saturated carbocycles. The number of para-hydroxylation sites is 1. The molecule has 0 radical (unpaired) electrons. The van der Waals surface area contributed by atoms with Crippen LogP contribution >= 0.6 is 15.9 Å². The zero-order valence-electron chi connectivity index (χ0n) is 19.7. The van der Waals surface area contributed by atoms with Gasteiger partial charge in [-0.3, -0.25) is 14.4 Å². The summed E-state index contributed by atoms with van der Waals surface area (Å²) < 4.78 is 11.8. The van der Waals surface area contributed by atoms with E-state index in [9.17, 15) is 14.4 Å². The summed E-state index contributed by atoms with van der Waals surface area (Å²) in [7, 11) is 1.59. The van der Waals surface area contributed by atoms with E-state index in [1.165, 1.54) is 0 Å². The standard InChI is InChI=1S/C27H26BrN3O5/c1-35-24-5-3-2-4-18(24)15-29-27(34)19-14-26(33)31(16-19)22-10-12-23(13-11-22)36-17-25(32)30-21-8-6-20(28)7-9-21/h2-13,19H,14-17H2,1H3,(H,29,34)(H,30,32)/t19-/m0/s1. The fourth-order valence-electron chi connectivity index (χ4n) is 3.91. The molecule has 1 fully saturated rings. The molecular formula is C27H26BrN3O5. The number of benzene rings is 3. The van der Waals surface area contributed by atoms with Crippen molar-refractivity contribution in [2.75, 3.05) is 30.5 Å². The van der Waals surface area contributed by atoms with Gasteiger partial charge in [-0.25, -0.2) is 0 Å². The molecule has 9 heteroatoms. The first-order chi connectivity index (χ1) is 17.4. The van der Waals surface area contributed by atoms with Gasteiger partial charge in [0.1, 0.15) is 11.5 Å². The van der Waals surface area contributed by atoms with Gasteiger partial charge < -0.3 is 25.0 Å². The van der Waals surface area contributed by atoms with Crippen molar-refractivity contribution in [1.82, 2.24) is 5.32 Å². The number of anilines is 2. The lowest BCUT2D eigenvalue weighted by molar-refractivity contribution is -0.126. The van der Waals surface area contributed by atoms with Gasteiger partial charge in [0.15, 0.2) is 6.61 Å². The molecule has 1 heterocycles. The summed E-state index contributed by atoms with van der Waals surface area (Å²) in [6, 6.07) is 21.6. The predicted octanol–water partition coefficient (Wildman–Crippen LogP) is 4.14. The van der Waals surface area contributed by atoms with E-state index >= 15 is 0 Å². The average Bonchev–Trinajstić information content (AvgIpc) is 3.29. The van der Waals surface area contributed by atoms with E-state index in [2.05, 4.69) is 26.6 Å². The number of methoxy groups -OCH3 is 1. The number of halogens is 1. The highest BCUT2D eigenvalue weighted by molar-refractivity contribution is 9.10. The van der Waals surface area contributed by atoms with Gasteiger partial charge in [-0.1, -0.05) is 34.1 Å². The van der Waals surface area contributed by atoms with Crippen LogP contribution in [-0.4, -0.2) is 38.0 Å². The van der Waals surface area contributed by atoms with E-state index in [4.69, 9.17) is 9.47 Å². The molecule has 3 aromatic carbocycles. The zero-order valence-corrected chi connectivity index (χ0v) is 21.3. The minimum atomic E-state index is -0.439. The summed E-state index contributed by atoms with van der Waals surface area (Å²) in [5, 5.41) is 5.67. The first-order valence-electron chi connectivity index (χ1n) is 11.4. The molecule has 0 unspecified atom stereocenters. The Morgan fingerprint density at radius 2 is 1.75 bits per heavy atom. The minimum Gasteiger partial charge on any atom is -0.496 e. The van der Waals surface area contributed by atoms with Crippen molar-refractivity contribution in [3.05, 3.63) is 82.8 Å². The molecule has 0 bridgehead atoms. The number of carbonyl (C=O) groups excluding carboxylic acids is 3. The summed E-state index contributed by atoms with van der Waals surface area (Å²) in [6.45, 7) is 0.480. The van der Waals surface area contributed by atoms with E-state index in [-0.39, 0.29) is 30.7 Å². The van der Waals surface area contributed by atoms with Crippen molar-refractivity contribution in [3.8, 4) is 11.5 Å². The molecule has 1 saturated heterocycles. The lowest BCUT2D eigenvalue weighted by atomic mass is 10.1. The fourth-order valence-corrected chi connectivity index (χ4v) is 4.17. The molecule has 0 spiro atoms. The van der Waals surface area contributed by atoms with Crippen molar-refractivity contribution in [2.24, 2.45) is 5.92 Å². The van der Waals surface area contributed by atoms with Crippen LogP contribution < -0.4 is 25.0 Å². The molecule has 3 aromatic rings. The second kappa shape index (κ2) is 11.7. The molecule has 3 amide bonds. The second-order valence-corrected chi connectivity index (χ2v) is 9.19. The Labute approximate surface area is 217 Å². The van der Waals surface area contributed by atoms with Gasteiger partial charge in [0, 0.05) is 40.9 Å². The molecule has 36 heavy (non-hydrogen) atoms. The SMILES string of the molecule is COc1ccccc1CNC(=O)[C@H]1CC(=O)N(c2ccc(OCC(=O)Nc3ccc(Br)cc3)cc2)C1. The quantitative estimate of drug-likeness (QED) is 0.416. The number of nitrogens with zero attached hydrogens (tertiary/aromatic N) is 1. The highest BCUT2D eigenvalue weighted by Crippen LogP contribution is 2.27. The Hall–Kier alpha value is -3.85. The van der Waals surface area contributed by atoms with Crippen LogP contribution in [0.4, 0.5) is 11.4 Å². The summed E-state index contributed by atoms with van der Waals surface area (Å²) in [5.74, 6) is 0.199. The minimum absolute atomic E-state index is 0.116. The molecule has 2 N–H and O–H groups in total. The number of carbonyl (C=O) groups is 3. The molecule has 4 rings (SSSR count). The van der Waals surface area contributed by atoms with Crippen molar-refractivity contribution >= 4 is 45.0 Å². The highest BCUT2D eigenvalue weighted by Gasteiger charge is 2.35. The summed E-state index contributed by atoms with van der Waals surface area (Å²) >= 11 is 3.35. The topological polar surface area (TPSA) is 97.0 Å². The first-order valence-corrected chi connectivity index (χ1v) is 12.2. The van der Waals surface area contributed by atoms with Crippen molar-refractivity contribution in [1.29, 1.82) is 0 Å². The van der Waals surface area contributed by atoms with E-state index in [0.29, 0.717) is 36.0 Å². The Morgan fingerprint density at radius 1 is 1.03 bits per heavy atom. The summed E-state index contributed by atoms with van der Waals surface area (Å²) in [4.78, 5) is 39.0. The molecule has 8 nitrogen and oxygen atoms in total. The summed E-state index contributed by atoms with van der Waals surface area (Å²) in [5.41, 5.74) is 2.22. The number of amides is 3. The number of nitrogens with one attached hydrogen (secondary N) is 2. The smallest absolute Gasteiger partial charge is 0.262 e. The molecule has 1 aliphatic heterocycles. The lowest BCUT2D eigenvalue weighted by Crippen LogP contribution is -2.32. The number of hydrogen-bond acceptors (Lipinski definition) is 5. The molecule has 1 aliphatic rings. The highest BCUT2D eigenvalue weighted by atomic mass is 79.9. The van der Waals surface area contributed by atoms with Gasteiger partial charge in [-0.05, 0) is 54.6 Å². The van der Waals surface area contributed by atoms with E-state index in [0.717, 1.165) is 10.0 Å². The van der Waals surface area contributed by atoms with Crippen LogP contribution in [0, 0.1) is 5.92 Å². The lowest BCUT2D eigenvalue weighted by Gasteiger charge is -2.17. The molecule has 0 aromatic heterocycles.